The summed E-state index contributed by atoms with van der Waals surface area (Å²) in [5.41, 5.74) is 2.45. The van der Waals surface area contributed by atoms with Crippen molar-refractivity contribution >= 4 is 12.1 Å². The highest BCUT2D eigenvalue weighted by atomic mass is 16.5. The van der Waals surface area contributed by atoms with Crippen molar-refractivity contribution in [3.63, 3.8) is 0 Å². The molecule has 134 valence electrons. The molecule has 0 aliphatic rings. The van der Waals surface area contributed by atoms with Crippen LogP contribution in [0.2, 0.25) is 0 Å². The molecule has 6 N–H and O–H groups in total. The Kier molecular flexibility index (Phi) is 8.30. The van der Waals surface area contributed by atoms with Crippen LogP contribution in [0, 0.1) is 0 Å². The molecule has 1 amide bonds. The Labute approximate surface area is 138 Å². The number of nitrogens with one attached hydrogen (secondary N) is 1. The lowest BCUT2D eigenvalue weighted by molar-refractivity contribution is -0.0999. The maximum atomic E-state index is 11.8. The molecule has 0 saturated heterocycles. The van der Waals surface area contributed by atoms with Crippen molar-refractivity contribution in [2.45, 2.75) is 31.3 Å². The van der Waals surface area contributed by atoms with Gasteiger partial charge in [-0.25, -0.2) is 5.43 Å². The third-order valence-electron chi connectivity index (χ3n) is 3.10. The number of hydrogen-bond acceptors (Lipinski definition) is 8. The second-order valence-corrected chi connectivity index (χ2v) is 4.90. The number of amides is 1. The van der Waals surface area contributed by atoms with Crippen LogP contribution in [0.25, 0.3) is 0 Å². The Bertz CT molecular complexity index is 535. The molecule has 24 heavy (non-hydrogen) atoms. The Balaban J connectivity index is 2.54. The number of rotatable bonds is 9. The van der Waals surface area contributed by atoms with E-state index in [0.717, 1.165) is 6.21 Å². The summed E-state index contributed by atoms with van der Waals surface area (Å²) in [7, 11) is 0. The van der Waals surface area contributed by atoms with Crippen molar-refractivity contribution in [1.29, 1.82) is 0 Å². The number of aliphatic hydroxyl groups is 5. The van der Waals surface area contributed by atoms with Crippen molar-refractivity contribution in [3.8, 4) is 5.75 Å². The van der Waals surface area contributed by atoms with Crippen molar-refractivity contribution in [2.75, 3.05) is 13.2 Å². The summed E-state index contributed by atoms with van der Waals surface area (Å²) >= 11 is 0. The summed E-state index contributed by atoms with van der Waals surface area (Å²) in [5, 5.41) is 49.9. The number of hydrazone groups is 1. The minimum Gasteiger partial charge on any atom is -0.494 e. The molecule has 1 rings (SSSR count). The van der Waals surface area contributed by atoms with Crippen LogP contribution in [0.15, 0.2) is 29.4 Å². The van der Waals surface area contributed by atoms with Crippen molar-refractivity contribution in [3.05, 3.63) is 29.8 Å². The molecule has 4 atom stereocenters. The van der Waals surface area contributed by atoms with Gasteiger partial charge in [0.25, 0.3) is 5.91 Å². The average Bonchev–Trinajstić information content (AvgIpc) is 2.60. The number of hydrogen-bond donors (Lipinski definition) is 6. The van der Waals surface area contributed by atoms with E-state index in [1.54, 1.807) is 12.1 Å². The summed E-state index contributed by atoms with van der Waals surface area (Å²) in [6.07, 6.45) is -6.01. The van der Waals surface area contributed by atoms with Crippen LogP contribution in [0.4, 0.5) is 0 Å². The number of carbonyl (C=O) groups is 1. The number of carbonyl (C=O) groups excluding carboxylic acids is 1. The molecule has 0 saturated carbocycles. The molecule has 0 aromatic heterocycles. The highest BCUT2D eigenvalue weighted by molar-refractivity contribution is 5.94. The van der Waals surface area contributed by atoms with Gasteiger partial charge in [-0.2, -0.15) is 5.10 Å². The Hall–Kier alpha value is -2.04. The number of ether oxygens (including phenoxy) is 1. The molecule has 0 spiro atoms. The van der Waals surface area contributed by atoms with Gasteiger partial charge in [0.15, 0.2) is 0 Å². The average molecular weight is 342 g/mol. The van der Waals surface area contributed by atoms with E-state index >= 15 is 0 Å². The van der Waals surface area contributed by atoms with Gasteiger partial charge in [0, 0.05) is 5.56 Å². The predicted molar refractivity (Wildman–Crippen MR) is 84.7 cm³/mol. The van der Waals surface area contributed by atoms with E-state index in [1.165, 1.54) is 12.1 Å². The Morgan fingerprint density at radius 3 is 2.38 bits per heavy atom. The summed E-state index contributed by atoms with van der Waals surface area (Å²) in [6.45, 7) is 1.56. The molecule has 0 radical (unpaired) electrons. The summed E-state index contributed by atoms with van der Waals surface area (Å²) < 4.78 is 5.25. The zero-order chi connectivity index (χ0) is 18.1. The topological polar surface area (TPSA) is 152 Å². The summed E-state index contributed by atoms with van der Waals surface area (Å²) in [6, 6.07) is 6.30. The molecule has 1 aromatic carbocycles. The Morgan fingerprint density at radius 2 is 1.83 bits per heavy atom. The van der Waals surface area contributed by atoms with Crippen LogP contribution in [-0.4, -0.2) is 75.3 Å². The second kappa shape index (κ2) is 9.96. The molecule has 0 aliphatic carbocycles. The monoisotopic (exact) mass is 342 g/mol. The lowest BCUT2D eigenvalue weighted by Crippen LogP contribution is -2.46. The quantitative estimate of drug-likeness (QED) is 0.230. The van der Waals surface area contributed by atoms with E-state index in [-0.39, 0.29) is 0 Å². The second-order valence-electron chi connectivity index (χ2n) is 4.90. The minimum atomic E-state index is -1.78. The number of benzene rings is 1. The van der Waals surface area contributed by atoms with Crippen LogP contribution in [0.1, 0.15) is 17.3 Å². The van der Waals surface area contributed by atoms with Gasteiger partial charge < -0.3 is 30.3 Å². The highest BCUT2D eigenvalue weighted by Gasteiger charge is 2.29. The van der Waals surface area contributed by atoms with E-state index in [0.29, 0.717) is 17.9 Å². The zero-order valence-electron chi connectivity index (χ0n) is 13.1. The summed E-state index contributed by atoms with van der Waals surface area (Å²) in [4.78, 5) is 11.8. The van der Waals surface area contributed by atoms with Gasteiger partial charge >= 0.3 is 0 Å². The van der Waals surface area contributed by atoms with Crippen LogP contribution >= 0.6 is 0 Å². The first-order chi connectivity index (χ1) is 11.4. The van der Waals surface area contributed by atoms with Crippen LogP contribution < -0.4 is 10.2 Å². The first-order valence-corrected chi connectivity index (χ1v) is 7.30. The maximum absolute atomic E-state index is 11.8. The molecule has 0 aliphatic heterocycles. The molecule has 0 fully saturated rings. The van der Waals surface area contributed by atoms with Crippen molar-refractivity contribution in [1.82, 2.24) is 5.43 Å². The zero-order valence-corrected chi connectivity index (χ0v) is 13.1. The number of aliphatic hydroxyl groups excluding tert-OH is 5. The van der Waals surface area contributed by atoms with Crippen LogP contribution in [0.5, 0.6) is 5.75 Å². The molecule has 0 heterocycles. The van der Waals surface area contributed by atoms with E-state index in [1.807, 2.05) is 6.92 Å². The standard InChI is InChI=1S/C15H22N2O7/c1-2-24-10-5-3-9(4-6-10)15(23)17-16-7-11(19)13(21)14(22)12(20)8-18/h3-7,11-14,18-22H,2,8H2,1H3,(H,17,23)/b16-7+/t11-,12+,13+,14+/m0/s1. The SMILES string of the molecule is CCOc1ccc(C(=O)N/N=C/[C@H](O)[C@@H](O)[C@H](O)[C@H](O)CO)cc1. The largest absolute Gasteiger partial charge is 0.494 e. The highest BCUT2D eigenvalue weighted by Crippen LogP contribution is 2.11. The lowest BCUT2D eigenvalue weighted by Gasteiger charge is -2.23. The first-order valence-electron chi connectivity index (χ1n) is 7.30. The van der Waals surface area contributed by atoms with E-state index in [2.05, 4.69) is 10.5 Å². The van der Waals surface area contributed by atoms with Gasteiger partial charge in [-0.15, -0.1) is 0 Å². The van der Waals surface area contributed by atoms with Gasteiger partial charge in [-0.3, -0.25) is 4.79 Å². The smallest absolute Gasteiger partial charge is 0.271 e. The molecule has 9 heteroatoms. The fraction of sp³-hybridized carbons (Fsp3) is 0.467. The van der Waals surface area contributed by atoms with Gasteiger partial charge in [0.1, 0.15) is 30.2 Å². The fourth-order valence-electron chi connectivity index (χ4n) is 1.73. The summed E-state index contributed by atoms with van der Waals surface area (Å²) in [5.74, 6) is 0.0689. The van der Waals surface area contributed by atoms with E-state index in [4.69, 9.17) is 9.84 Å². The molecule has 0 unspecified atom stereocenters. The molecule has 0 bridgehead atoms. The van der Waals surface area contributed by atoms with Crippen molar-refractivity contribution < 1.29 is 35.1 Å². The minimum absolute atomic E-state index is 0.307. The van der Waals surface area contributed by atoms with Gasteiger partial charge in [0.05, 0.1) is 19.4 Å². The fourth-order valence-corrected chi connectivity index (χ4v) is 1.73. The van der Waals surface area contributed by atoms with Crippen LogP contribution in [0.3, 0.4) is 0 Å². The normalized spacial score (nSPS) is 16.4. The van der Waals surface area contributed by atoms with E-state index < -0.39 is 36.9 Å². The Morgan fingerprint density at radius 1 is 1.21 bits per heavy atom. The van der Waals surface area contributed by atoms with Gasteiger partial charge in [0.2, 0.25) is 0 Å². The molecular weight excluding hydrogens is 320 g/mol. The van der Waals surface area contributed by atoms with Crippen LogP contribution in [-0.2, 0) is 0 Å². The predicted octanol–water partition coefficient (Wildman–Crippen LogP) is -1.76. The van der Waals surface area contributed by atoms with Crippen molar-refractivity contribution in [2.24, 2.45) is 5.10 Å². The third kappa shape index (κ3) is 5.87. The lowest BCUT2D eigenvalue weighted by atomic mass is 10.0. The first kappa shape index (κ1) is 20.0. The molecule has 1 aromatic rings. The molecule has 9 nitrogen and oxygen atoms in total. The molecular formula is C15H22N2O7. The van der Waals surface area contributed by atoms with Gasteiger partial charge in [-0.05, 0) is 31.2 Å². The van der Waals surface area contributed by atoms with E-state index in [9.17, 15) is 25.2 Å². The number of nitrogens with zero attached hydrogens (tertiary/aromatic N) is 1. The third-order valence-corrected chi connectivity index (χ3v) is 3.10. The van der Waals surface area contributed by atoms with Gasteiger partial charge in [-0.1, -0.05) is 0 Å². The maximum Gasteiger partial charge on any atom is 0.271 e.